The van der Waals surface area contributed by atoms with Crippen molar-refractivity contribution in [1.82, 2.24) is 9.80 Å². The fraction of sp³-hybridized carbons (Fsp3) is 0.567. The molecule has 3 heterocycles. The fourth-order valence-electron chi connectivity index (χ4n) is 6.71. The van der Waals surface area contributed by atoms with Crippen LogP contribution in [0.1, 0.15) is 45.4 Å². The number of likely N-dealkylation sites (tertiary alicyclic amines) is 1. The van der Waals surface area contributed by atoms with E-state index in [1.165, 1.54) is 0 Å². The van der Waals surface area contributed by atoms with E-state index >= 15 is 0 Å². The van der Waals surface area contributed by atoms with Crippen LogP contribution in [0.5, 0.6) is 0 Å². The summed E-state index contributed by atoms with van der Waals surface area (Å²) in [6.45, 7) is 11.2. The average Bonchev–Trinajstić information content (AvgIpc) is 3.57. The molecule has 2 unspecified atom stereocenters. The van der Waals surface area contributed by atoms with Crippen LogP contribution in [-0.4, -0.2) is 83.2 Å². The number of anilines is 1. The van der Waals surface area contributed by atoms with Gasteiger partial charge in [0.15, 0.2) is 0 Å². The molecule has 3 aliphatic heterocycles. The third kappa shape index (κ3) is 5.26. The molecule has 1 spiro atoms. The number of unbranched alkanes of at least 4 members (excludes halogenated alkanes) is 2. The number of halogens is 1. The molecule has 0 saturated carbocycles. The molecule has 1 N–H and O–H groups in total. The van der Waals surface area contributed by atoms with E-state index in [9.17, 15) is 19.5 Å². The van der Waals surface area contributed by atoms with Gasteiger partial charge in [-0.2, -0.15) is 0 Å². The summed E-state index contributed by atoms with van der Waals surface area (Å²) in [5.74, 6) is -1.96. The molecule has 0 aromatic heterocycles. The van der Waals surface area contributed by atoms with Crippen LogP contribution in [0.25, 0.3) is 0 Å². The van der Waals surface area contributed by atoms with E-state index in [1.54, 1.807) is 45.1 Å². The zero-order valence-corrected chi connectivity index (χ0v) is 23.5. The predicted molar refractivity (Wildman–Crippen MR) is 151 cm³/mol. The summed E-state index contributed by atoms with van der Waals surface area (Å²) >= 11 is 6.51. The van der Waals surface area contributed by atoms with Gasteiger partial charge in [-0.05, 0) is 50.7 Å². The van der Waals surface area contributed by atoms with Gasteiger partial charge in [0.25, 0.3) is 5.91 Å². The van der Waals surface area contributed by atoms with Crippen LogP contribution >= 0.6 is 11.6 Å². The summed E-state index contributed by atoms with van der Waals surface area (Å²) in [6, 6.07) is 6.22. The van der Waals surface area contributed by atoms with E-state index in [4.69, 9.17) is 16.3 Å². The van der Waals surface area contributed by atoms with Crippen LogP contribution in [0.4, 0.5) is 5.69 Å². The Labute approximate surface area is 236 Å². The number of aliphatic hydroxyl groups is 1. The van der Waals surface area contributed by atoms with Crippen LogP contribution in [0.2, 0.25) is 5.02 Å². The van der Waals surface area contributed by atoms with Crippen LogP contribution < -0.4 is 4.90 Å². The predicted octanol–water partition coefficient (Wildman–Crippen LogP) is 3.82. The summed E-state index contributed by atoms with van der Waals surface area (Å²) in [5, 5.41) is 9.67. The maximum absolute atomic E-state index is 14.5. The van der Waals surface area contributed by atoms with E-state index in [0.29, 0.717) is 56.0 Å². The molecule has 4 rings (SSSR count). The number of aliphatic hydroxyl groups excluding tert-OH is 1. The number of fused-ring (bicyclic) bond motifs is 1. The van der Waals surface area contributed by atoms with Crippen LogP contribution in [-0.2, 0) is 19.1 Å². The van der Waals surface area contributed by atoms with Gasteiger partial charge in [-0.1, -0.05) is 42.8 Å². The molecule has 0 radical (unpaired) electrons. The Hall–Kier alpha value is -2.68. The first-order valence-corrected chi connectivity index (χ1v) is 14.4. The van der Waals surface area contributed by atoms with E-state index < -0.39 is 29.6 Å². The third-order valence-electron chi connectivity index (χ3n) is 8.25. The van der Waals surface area contributed by atoms with Crippen LogP contribution in [0, 0.1) is 11.8 Å². The highest BCUT2D eigenvalue weighted by molar-refractivity contribution is 6.34. The van der Waals surface area contributed by atoms with E-state index in [0.717, 1.165) is 12.8 Å². The van der Waals surface area contributed by atoms with Crippen molar-refractivity contribution >= 4 is 35.0 Å². The van der Waals surface area contributed by atoms with Crippen molar-refractivity contribution in [3.05, 3.63) is 54.6 Å². The second kappa shape index (κ2) is 12.7. The maximum Gasteiger partial charge on any atom is 0.253 e. The van der Waals surface area contributed by atoms with Gasteiger partial charge in [0.2, 0.25) is 11.8 Å². The molecule has 1 aromatic carbocycles. The van der Waals surface area contributed by atoms with Gasteiger partial charge in [0, 0.05) is 32.8 Å². The Bertz CT molecular complexity index is 1100. The van der Waals surface area contributed by atoms with E-state index in [-0.39, 0.29) is 30.9 Å². The van der Waals surface area contributed by atoms with Gasteiger partial charge in [-0.3, -0.25) is 14.4 Å². The first-order chi connectivity index (χ1) is 18.9. The molecule has 3 aliphatic rings. The summed E-state index contributed by atoms with van der Waals surface area (Å²) in [4.78, 5) is 47.5. The van der Waals surface area contributed by atoms with Gasteiger partial charge < -0.3 is 24.5 Å². The summed E-state index contributed by atoms with van der Waals surface area (Å²) in [7, 11) is 0. The first kappa shape index (κ1) is 29.3. The lowest BCUT2D eigenvalue weighted by Crippen LogP contribution is -2.56. The monoisotopic (exact) mass is 557 g/mol. The lowest BCUT2D eigenvalue weighted by atomic mass is 9.70. The maximum atomic E-state index is 14.5. The van der Waals surface area contributed by atoms with Gasteiger partial charge in [-0.15, -0.1) is 13.2 Å². The highest BCUT2D eigenvalue weighted by Gasteiger charge is 2.74. The molecule has 3 fully saturated rings. The minimum Gasteiger partial charge on any atom is -0.396 e. The lowest BCUT2D eigenvalue weighted by Gasteiger charge is -2.37. The van der Waals surface area contributed by atoms with Crippen molar-refractivity contribution in [1.29, 1.82) is 0 Å². The molecular formula is C30H40ClN3O5. The lowest BCUT2D eigenvalue weighted by molar-refractivity contribution is -0.145. The number of amides is 3. The second-order valence-corrected chi connectivity index (χ2v) is 11.0. The molecule has 3 amide bonds. The third-order valence-corrected chi connectivity index (χ3v) is 8.57. The molecule has 212 valence electrons. The average molecular weight is 558 g/mol. The normalized spacial score (nSPS) is 26.9. The number of carbonyl (C=O) groups excluding carboxylic acids is 3. The summed E-state index contributed by atoms with van der Waals surface area (Å²) in [5.41, 5.74) is -0.542. The summed E-state index contributed by atoms with van der Waals surface area (Å²) in [6.07, 6.45) is 6.82. The number of rotatable bonds is 14. The highest BCUT2D eigenvalue weighted by Crippen LogP contribution is 2.59. The van der Waals surface area contributed by atoms with Gasteiger partial charge in [-0.25, -0.2) is 0 Å². The molecule has 39 heavy (non-hydrogen) atoms. The number of nitrogens with zero attached hydrogens (tertiary/aromatic N) is 3. The minimum absolute atomic E-state index is 0.0699. The minimum atomic E-state index is -1.08. The molecule has 0 aliphatic carbocycles. The van der Waals surface area contributed by atoms with Gasteiger partial charge >= 0.3 is 0 Å². The number of para-hydroxylation sites is 1. The van der Waals surface area contributed by atoms with Gasteiger partial charge in [0.05, 0.1) is 28.6 Å². The van der Waals surface area contributed by atoms with E-state index in [1.807, 2.05) is 13.0 Å². The number of carbonyl (C=O) groups is 3. The van der Waals surface area contributed by atoms with Crippen molar-refractivity contribution in [2.24, 2.45) is 11.8 Å². The fourth-order valence-corrected chi connectivity index (χ4v) is 6.95. The topological polar surface area (TPSA) is 90.4 Å². The SMILES string of the molecule is C=CCN(CCC)C(=O)[C@@H]1[C@@H]2CCC3(O2)C(C(=O)N(CC=C)c2ccccc2Cl)N(CCCCCO)C(=O)[C@H]13. The molecule has 5 atom stereocenters. The van der Waals surface area contributed by atoms with E-state index in [2.05, 4.69) is 13.2 Å². The zero-order valence-electron chi connectivity index (χ0n) is 22.8. The van der Waals surface area contributed by atoms with Crippen molar-refractivity contribution in [3.63, 3.8) is 0 Å². The summed E-state index contributed by atoms with van der Waals surface area (Å²) < 4.78 is 6.60. The van der Waals surface area contributed by atoms with Crippen molar-refractivity contribution in [2.45, 2.75) is 63.2 Å². The standard InChI is InChI=1S/C30H40ClN3O5/c1-4-16-32(17-5-2)27(36)24-23-14-15-30(39-23)25(24)28(37)34(19-10-7-11-20-35)26(30)29(38)33(18-6-3)22-13-9-8-12-21(22)31/h4,6,8-9,12-13,23-26,35H,1,3,5,7,10-11,14-20H2,2H3/t23-,24+,25-,26?,30?/m0/s1. The quantitative estimate of drug-likeness (QED) is 0.277. The first-order valence-electron chi connectivity index (χ1n) is 14.0. The second-order valence-electron chi connectivity index (χ2n) is 10.6. The molecule has 8 nitrogen and oxygen atoms in total. The number of hydrogen-bond acceptors (Lipinski definition) is 5. The Balaban J connectivity index is 1.74. The molecule has 2 bridgehead atoms. The zero-order chi connectivity index (χ0) is 28.2. The number of ether oxygens (including phenoxy) is 1. The molecule has 9 heteroatoms. The van der Waals surface area contributed by atoms with Crippen LogP contribution in [0.3, 0.4) is 0 Å². The number of benzene rings is 1. The van der Waals surface area contributed by atoms with Gasteiger partial charge in [0.1, 0.15) is 11.6 Å². The Morgan fingerprint density at radius 3 is 2.59 bits per heavy atom. The Kier molecular flexibility index (Phi) is 9.51. The molecular weight excluding hydrogens is 518 g/mol. The largest absolute Gasteiger partial charge is 0.396 e. The van der Waals surface area contributed by atoms with Crippen LogP contribution in [0.15, 0.2) is 49.6 Å². The smallest absolute Gasteiger partial charge is 0.253 e. The van der Waals surface area contributed by atoms with Crippen molar-refractivity contribution in [2.75, 3.05) is 37.7 Å². The Morgan fingerprint density at radius 2 is 1.92 bits per heavy atom. The van der Waals surface area contributed by atoms with Crippen molar-refractivity contribution < 1.29 is 24.2 Å². The highest BCUT2D eigenvalue weighted by atomic mass is 35.5. The number of hydrogen-bond donors (Lipinski definition) is 1. The molecule has 1 aromatic rings. The molecule has 3 saturated heterocycles. The Morgan fingerprint density at radius 1 is 1.18 bits per heavy atom. The van der Waals surface area contributed by atoms with Crippen molar-refractivity contribution in [3.8, 4) is 0 Å².